The second-order valence-electron chi connectivity index (χ2n) is 5.11. The molecule has 1 atom stereocenters. The van der Waals surface area contributed by atoms with Gasteiger partial charge in [-0.25, -0.2) is 13.2 Å². The molecule has 0 aromatic carbocycles. The molecule has 0 bridgehead atoms. The van der Waals surface area contributed by atoms with Crippen molar-refractivity contribution in [2.24, 2.45) is 5.92 Å². The predicted molar refractivity (Wildman–Crippen MR) is 79.2 cm³/mol. The van der Waals surface area contributed by atoms with Crippen molar-refractivity contribution < 1.29 is 23.1 Å². The third kappa shape index (κ3) is 3.63. The van der Waals surface area contributed by atoms with Crippen LogP contribution in [-0.4, -0.2) is 50.1 Å². The summed E-state index contributed by atoms with van der Waals surface area (Å²) in [7, 11) is -2.15. The molecule has 1 N–H and O–H groups in total. The molecule has 6 nitrogen and oxygen atoms in total. The molecule has 1 aliphatic rings. The van der Waals surface area contributed by atoms with Gasteiger partial charge in [-0.1, -0.05) is 0 Å². The highest BCUT2D eigenvalue weighted by Gasteiger charge is 2.38. The van der Waals surface area contributed by atoms with E-state index in [1.54, 1.807) is 0 Å². The number of methoxy groups -OCH3 is 1. The largest absolute Gasteiger partial charge is 0.477 e. The molecule has 1 unspecified atom stereocenters. The lowest BCUT2D eigenvalue weighted by molar-refractivity contribution is 0.0702. The summed E-state index contributed by atoms with van der Waals surface area (Å²) in [5.41, 5.74) is 0. The fourth-order valence-electron chi connectivity index (χ4n) is 2.23. The second kappa shape index (κ2) is 6.43. The van der Waals surface area contributed by atoms with Crippen molar-refractivity contribution in [1.29, 1.82) is 0 Å². The predicted octanol–water partition coefficient (Wildman–Crippen LogP) is 1.88. The third-order valence-corrected chi connectivity index (χ3v) is 7.16. The molecule has 0 amide bonds. The van der Waals surface area contributed by atoms with Crippen LogP contribution in [0.4, 0.5) is 0 Å². The van der Waals surface area contributed by atoms with E-state index in [0.717, 1.165) is 24.2 Å². The first-order chi connectivity index (χ1) is 9.87. The number of sulfonamides is 1. The monoisotopic (exact) mass is 333 g/mol. The van der Waals surface area contributed by atoms with Gasteiger partial charge in [0.2, 0.25) is 0 Å². The summed E-state index contributed by atoms with van der Waals surface area (Å²) in [5, 5.41) is 8.93. The molecule has 1 aromatic heterocycles. The Morgan fingerprint density at radius 3 is 2.67 bits per heavy atom. The molecule has 1 aromatic rings. The lowest BCUT2D eigenvalue weighted by Gasteiger charge is -2.27. The van der Waals surface area contributed by atoms with Crippen molar-refractivity contribution >= 4 is 27.3 Å². The van der Waals surface area contributed by atoms with Crippen LogP contribution in [0.1, 0.15) is 29.4 Å². The minimum Gasteiger partial charge on any atom is -0.477 e. The van der Waals surface area contributed by atoms with Gasteiger partial charge in [0.05, 0.1) is 6.61 Å². The molecule has 1 aliphatic carbocycles. The number of hydrogen-bond acceptors (Lipinski definition) is 5. The van der Waals surface area contributed by atoms with E-state index in [-0.39, 0.29) is 21.7 Å². The van der Waals surface area contributed by atoms with Crippen LogP contribution >= 0.6 is 11.3 Å². The van der Waals surface area contributed by atoms with Crippen molar-refractivity contribution in [2.75, 3.05) is 20.3 Å². The second-order valence-corrected chi connectivity index (χ2v) is 8.31. The fourth-order valence-corrected chi connectivity index (χ4v) is 5.18. The van der Waals surface area contributed by atoms with Gasteiger partial charge >= 0.3 is 5.97 Å². The smallest absolute Gasteiger partial charge is 0.345 e. The number of ether oxygens (including phenoxy) is 1. The van der Waals surface area contributed by atoms with Crippen LogP contribution in [-0.2, 0) is 14.8 Å². The maximum absolute atomic E-state index is 12.7. The summed E-state index contributed by atoms with van der Waals surface area (Å²) >= 11 is 0.789. The van der Waals surface area contributed by atoms with Crippen LogP contribution in [0.2, 0.25) is 0 Å². The van der Waals surface area contributed by atoms with Crippen molar-refractivity contribution in [2.45, 2.75) is 30.0 Å². The molecule has 0 saturated heterocycles. The Morgan fingerprint density at radius 2 is 2.19 bits per heavy atom. The molecule has 1 heterocycles. The van der Waals surface area contributed by atoms with Crippen molar-refractivity contribution in [1.82, 2.24) is 4.31 Å². The average molecular weight is 333 g/mol. The number of carboxylic acid groups (broad SMARTS) is 1. The van der Waals surface area contributed by atoms with Gasteiger partial charge in [-0.15, -0.1) is 11.3 Å². The van der Waals surface area contributed by atoms with E-state index in [9.17, 15) is 13.2 Å². The van der Waals surface area contributed by atoms with Crippen LogP contribution in [0, 0.1) is 5.92 Å². The standard InChI is InChI=1S/C13H19NO5S2/c1-9(10-3-4-10)14(7-8-19-2)21(17,18)12-6-5-11(20-12)13(15)16/h5-6,9-10H,3-4,7-8H2,1-2H3,(H,15,16). The molecule has 1 fully saturated rings. The van der Waals surface area contributed by atoms with Gasteiger partial charge in [0.25, 0.3) is 10.0 Å². The highest BCUT2D eigenvalue weighted by Crippen LogP contribution is 2.37. The van der Waals surface area contributed by atoms with Crippen molar-refractivity contribution in [3.05, 3.63) is 17.0 Å². The number of carbonyl (C=O) groups is 1. The Labute approximate surface area is 128 Å². The van der Waals surface area contributed by atoms with Crippen molar-refractivity contribution in [3.8, 4) is 0 Å². The molecular weight excluding hydrogens is 314 g/mol. The molecular formula is C13H19NO5S2. The number of carboxylic acids is 1. The topological polar surface area (TPSA) is 83.9 Å². The number of nitrogens with zero attached hydrogens (tertiary/aromatic N) is 1. The van der Waals surface area contributed by atoms with E-state index in [1.165, 1.54) is 23.5 Å². The molecule has 2 rings (SSSR count). The van der Waals surface area contributed by atoms with Gasteiger partial charge in [-0.05, 0) is 37.8 Å². The first-order valence-corrected chi connectivity index (χ1v) is 8.97. The van der Waals surface area contributed by atoms with Gasteiger partial charge in [0.1, 0.15) is 9.09 Å². The zero-order chi connectivity index (χ0) is 15.6. The SMILES string of the molecule is COCCN(C(C)C1CC1)S(=O)(=O)c1ccc(C(=O)O)s1. The van der Waals surface area contributed by atoms with E-state index >= 15 is 0 Å². The Bertz CT molecular complexity index is 606. The Morgan fingerprint density at radius 1 is 1.52 bits per heavy atom. The first-order valence-electron chi connectivity index (χ1n) is 6.72. The van der Waals surface area contributed by atoms with Crippen LogP contribution in [0.5, 0.6) is 0 Å². The number of aromatic carboxylic acids is 1. The van der Waals surface area contributed by atoms with Crippen LogP contribution in [0.15, 0.2) is 16.3 Å². The minimum absolute atomic E-state index is 0.0272. The highest BCUT2D eigenvalue weighted by atomic mass is 32.2. The van der Waals surface area contributed by atoms with E-state index in [0.29, 0.717) is 12.5 Å². The van der Waals surface area contributed by atoms with E-state index in [1.807, 2.05) is 6.92 Å². The first kappa shape index (κ1) is 16.4. The summed E-state index contributed by atoms with van der Waals surface area (Å²) in [4.78, 5) is 10.9. The fraction of sp³-hybridized carbons (Fsp3) is 0.615. The molecule has 118 valence electrons. The Kier molecular flexibility index (Phi) is 5.03. The summed E-state index contributed by atoms with van der Waals surface area (Å²) in [6, 6.07) is 2.60. The molecule has 1 saturated carbocycles. The van der Waals surface area contributed by atoms with E-state index < -0.39 is 16.0 Å². The average Bonchev–Trinajstić information content (AvgIpc) is 3.14. The number of thiophene rings is 1. The van der Waals surface area contributed by atoms with Crippen LogP contribution in [0.25, 0.3) is 0 Å². The quantitative estimate of drug-likeness (QED) is 0.785. The minimum atomic E-state index is -3.68. The maximum atomic E-state index is 12.7. The lowest BCUT2D eigenvalue weighted by Crippen LogP contribution is -2.41. The Hall–Kier alpha value is -0.960. The number of hydrogen-bond donors (Lipinski definition) is 1. The molecule has 0 spiro atoms. The van der Waals surface area contributed by atoms with Gasteiger partial charge < -0.3 is 9.84 Å². The summed E-state index contributed by atoms with van der Waals surface area (Å²) in [6.45, 7) is 2.49. The molecule has 0 radical (unpaired) electrons. The highest BCUT2D eigenvalue weighted by molar-refractivity contribution is 7.91. The van der Waals surface area contributed by atoms with Gasteiger partial charge in [0, 0.05) is 19.7 Å². The maximum Gasteiger partial charge on any atom is 0.345 e. The summed E-state index contributed by atoms with van der Waals surface area (Å²) in [5.74, 6) is -0.726. The van der Waals surface area contributed by atoms with Crippen LogP contribution in [0.3, 0.4) is 0 Å². The molecule has 8 heteroatoms. The van der Waals surface area contributed by atoms with E-state index in [4.69, 9.17) is 9.84 Å². The van der Waals surface area contributed by atoms with Gasteiger partial charge in [-0.3, -0.25) is 0 Å². The summed E-state index contributed by atoms with van der Waals surface area (Å²) < 4.78 is 32.0. The third-order valence-electron chi connectivity index (χ3n) is 3.63. The lowest BCUT2D eigenvalue weighted by atomic mass is 10.2. The van der Waals surface area contributed by atoms with Gasteiger partial charge in [-0.2, -0.15) is 4.31 Å². The normalized spacial score (nSPS) is 17.1. The molecule has 0 aliphatic heterocycles. The van der Waals surface area contributed by atoms with Crippen LogP contribution < -0.4 is 0 Å². The van der Waals surface area contributed by atoms with Gasteiger partial charge in [0.15, 0.2) is 0 Å². The molecule has 21 heavy (non-hydrogen) atoms. The van der Waals surface area contributed by atoms with E-state index in [2.05, 4.69) is 0 Å². The van der Waals surface area contributed by atoms with Crippen molar-refractivity contribution in [3.63, 3.8) is 0 Å². The zero-order valence-corrected chi connectivity index (χ0v) is 13.6. The Balaban J connectivity index is 2.28. The summed E-state index contributed by atoms with van der Waals surface area (Å²) in [6.07, 6.45) is 2.07. The number of rotatable bonds is 8. The zero-order valence-electron chi connectivity index (χ0n) is 12.0.